The van der Waals surface area contributed by atoms with Gasteiger partial charge in [0.1, 0.15) is 0 Å². The van der Waals surface area contributed by atoms with E-state index in [1.54, 1.807) is 13.8 Å². The maximum absolute atomic E-state index is 12.8. The molecular formula is C15H26ClN3O4S2. The third-order valence-electron chi connectivity index (χ3n) is 4.21. The molecule has 0 aromatic heterocycles. The third-order valence-corrected chi connectivity index (χ3v) is 8.11. The van der Waals surface area contributed by atoms with E-state index in [4.69, 9.17) is 5.73 Å². The monoisotopic (exact) mass is 411 g/mol. The van der Waals surface area contributed by atoms with Crippen molar-refractivity contribution in [2.75, 3.05) is 26.2 Å². The summed E-state index contributed by atoms with van der Waals surface area (Å²) in [6, 6.07) is 5.37. The molecule has 1 fully saturated rings. The minimum absolute atomic E-state index is 0. The summed E-state index contributed by atoms with van der Waals surface area (Å²) in [4.78, 5) is -0.0154. The molecule has 0 amide bonds. The molecule has 2 rings (SSSR count). The summed E-state index contributed by atoms with van der Waals surface area (Å²) >= 11 is 0. The molecule has 0 spiro atoms. The molecule has 2 N–H and O–H groups in total. The van der Waals surface area contributed by atoms with Crippen LogP contribution in [0.4, 0.5) is 0 Å². The number of hydrogen-bond donors (Lipinski definition) is 1. The van der Waals surface area contributed by atoms with E-state index in [-0.39, 0.29) is 34.8 Å². The SMILES string of the molecule is CCN(CC)S(=O)(=O)c1cccc(S(=O)(=O)N2CCCC(N)C2)c1.Cl. The van der Waals surface area contributed by atoms with Crippen molar-refractivity contribution in [3.63, 3.8) is 0 Å². The van der Waals surface area contributed by atoms with E-state index in [9.17, 15) is 16.8 Å². The first-order valence-electron chi connectivity index (χ1n) is 8.09. The van der Waals surface area contributed by atoms with Gasteiger partial charge in [-0.2, -0.15) is 8.61 Å². The Labute approximate surface area is 156 Å². The van der Waals surface area contributed by atoms with Crippen molar-refractivity contribution in [1.29, 1.82) is 0 Å². The van der Waals surface area contributed by atoms with Crippen molar-refractivity contribution in [1.82, 2.24) is 8.61 Å². The Kier molecular flexibility index (Phi) is 7.85. The van der Waals surface area contributed by atoms with E-state index in [0.29, 0.717) is 26.1 Å². The van der Waals surface area contributed by atoms with Crippen molar-refractivity contribution in [3.8, 4) is 0 Å². The molecule has 0 saturated carbocycles. The molecule has 0 radical (unpaired) electrons. The van der Waals surface area contributed by atoms with E-state index in [1.165, 1.54) is 32.9 Å². The van der Waals surface area contributed by atoms with Gasteiger partial charge >= 0.3 is 0 Å². The minimum Gasteiger partial charge on any atom is -0.327 e. The quantitative estimate of drug-likeness (QED) is 0.759. The number of piperidine rings is 1. The molecular weight excluding hydrogens is 386 g/mol. The Bertz CT molecular complexity index is 780. The molecule has 1 aromatic rings. The molecule has 1 heterocycles. The van der Waals surface area contributed by atoms with Gasteiger partial charge in [0.15, 0.2) is 0 Å². The molecule has 0 bridgehead atoms. The lowest BCUT2D eigenvalue weighted by molar-refractivity contribution is 0.316. The topological polar surface area (TPSA) is 101 Å². The van der Waals surface area contributed by atoms with Crippen LogP contribution in [-0.4, -0.2) is 57.7 Å². The van der Waals surface area contributed by atoms with E-state index < -0.39 is 20.0 Å². The van der Waals surface area contributed by atoms with Crippen LogP contribution in [0, 0.1) is 0 Å². The first-order chi connectivity index (χ1) is 11.2. The number of rotatable bonds is 6. The highest BCUT2D eigenvalue weighted by Crippen LogP contribution is 2.24. The van der Waals surface area contributed by atoms with Gasteiger partial charge in [-0.25, -0.2) is 16.8 Å². The highest BCUT2D eigenvalue weighted by atomic mass is 35.5. The van der Waals surface area contributed by atoms with Crippen LogP contribution in [0.1, 0.15) is 26.7 Å². The normalized spacial score (nSPS) is 19.6. The molecule has 25 heavy (non-hydrogen) atoms. The molecule has 1 unspecified atom stereocenters. The Balaban J connectivity index is 0.00000312. The van der Waals surface area contributed by atoms with Crippen molar-refractivity contribution in [2.24, 2.45) is 5.73 Å². The summed E-state index contributed by atoms with van der Waals surface area (Å²) in [5, 5.41) is 0. The lowest BCUT2D eigenvalue weighted by atomic mass is 10.1. The van der Waals surface area contributed by atoms with Crippen molar-refractivity contribution in [3.05, 3.63) is 24.3 Å². The fraction of sp³-hybridized carbons (Fsp3) is 0.600. The largest absolute Gasteiger partial charge is 0.327 e. The van der Waals surface area contributed by atoms with Crippen LogP contribution in [0.25, 0.3) is 0 Å². The van der Waals surface area contributed by atoms with Crippen LogP contribution in [-0.2, 0) is 20.0 Å². The second kappa shape index (κ2) is 8.79. The number of nitrogens with zero attached hydrogens (tertiary/aromatic N) is 2. The fourth-order valence-corrected chi connectivity index (χ4v) is 6.01. The Morgan fingerprint density at radius 2 is 1.76 bits per heavy atom. The number of nitrogens with two attached hydrogens (primary N) is 1. The maximum atomic E-state index is 12.8. The van der Waals surface area contributed by atoms with Crippen LogP contribution in [0.5, 0.6) is 0 Å². The van der Waals surface area contributed by atoms with Gasteiger partial charge < -0.3 is 5.73 Å². The number of sulfonamides is 2. The van der Waals surface area contributed by atoms with Crippen LogP contribution in [0.2, 0.25) is 0 Å². The smallest absolute Gasteiger partial charge is 0.243 e. The second-order valence-electron chi connectivity index (χ2n) is 5.83. The summed E-state index contributed by atoms with van der Waals surface area (Å²) < 4.78 is 53.4. The Morgan fingerprint density at radius 3 is 2.32 bits per heavy atom. The van der Waals surface area contributed by atoms with Gasteiger partial charge in [0.25, 0.3) is 0 Å². The standard InChI is InChI=1S/C15H25N3O4S2.ClH/c1-3-17(4-2)23(19,20)14-8-5-9-15(11-14)24(21,22)18-10-6-7-13(16)12-18;/h5,8-9,11,13H,3-4,6-7,10,12,16H2,1-2H3;1H. The molecule has 1 aliphatic heterocycles. The van der Waals surface area contributed by atoms with Crippen molar-refractivity contribution >= 4 is 32.5 Å². The predicted molar refractivity (Wildman–Crippen MR) is 99.8 cm³/mol. The van der Waals surface area contributed by atoms with Crippen molar-refractivity contribution in [2.45, 2.75) is 42.5 Å². The first kappa shape index (κ1) is 22.3. The Hall–Kier alpha value is -0.710. The summed E-state index contributed by atoms with van der Waals surface area (Å²) in [6.07, 6.45) is 1.50. The summed E-state index contributed by atoms with van der Waals surface area (Å²) in [7, 11) is -7.45. The van der Waals surface area contributed by atoms with Gasteiger partial charge in [-0.05, 0) is 31.0 Å². The minimum atomic E-state index is -3.75. The summed E-state index contributed by atoms with van der Waals surface area (Å²) in [5.74, 6) is 0. The zero-order valence-electron chi connectivity index (χ0n) is 14.5. The summed E-state index contributed by atoms with van der Waals surface area (Å²) in [6.45, 7) is 4.82. The summed E-state index contributed by atoms with van der Waals surface area (Å²) in [5.41, 5.74) is 5.87. The van der Waals surface area contributed by atoms with Crippen LogP contribution in [0.3, 0.4) is 0 Å². The average Bonchev–Trinajstić information content (AvgIpc) is 2.56. The van der Waals surface area contributed by atoms with Gasteiger partial charge in [0, 0.05) is 32.2 Å². The highest BCUT2D eigenvalue weighted by Gasteiger charge is 2.30. The van der Waals surface area contributed by atoms with E-state index in [0.717, 1.165) is 6.42 Å². The van der Waals surface area contributed by atoms with Gasteiger partial charge in [-0.1, -0.05) is 19.9 Å². The average molecular weight is 412 g/mol. The molecule has 1 aliphatic rings. The number of hydrogen-bond acceptors (Lipinski definition) is 5. The van der Waals surface area contributed by atoms with Crippen molar-refractivity contribution < 1.29 is 16.8 Å². The zero-order chi connectivity index (χ0) is 18.0. The van der Waals surface area contributed by atoms with E-state index in [2.05, 4.69) is 0 Å². The number of halogens is 1. The van der Waals surface area contributed by atoms with Gasteiger partial charge in [-0.15, -0.1) is 12.4 Å². The molecule has 0 aliphatic carbocycles. The lowest BCUT2D eigenvalue weighted by Crippen LogP contribution is -2.45. The molecule has 1 atom stereocenters. The maximum Gasteiger partial charge on any atom is 0.243 e. The van der Waals surface area contributed by atoms with Gasteiger partial charge in [-0.3, -0.25) is 0 Å². The first-order valence-corrected chi connectivity index (χ1v) is 11.0. The van der Waals surface area contributed by atoms with Crippen LogP contribution < -0.4 is 5.73 Å². The number of benzene rings is 1. The molecule has 10 heteroatoms. The fourth-order valence-electron chi connectivity index (χ4n) is 2.85. The second-order valence-corrected chi connectivity index (χ2v) is 9.71. The highest BCUT2D eigenvalue weighted by molar-refractivity contribution is 7.90. The third kappa shape index (κ3) is 4.72. The Morgan fingerprint density at radius 1 is 1.16 bits per heavy atom. The van der Waals surface area contributed by atoms with E-state index in [1.807, 2.05) is 0 Å². The van der Waals surface area contributed by atoms with Crippen LogP contribution in [0.15, 0.2) is 34.1 Å². The lowest BCUT2D eigenvalue weighted by Gasteiger charge is -2.30. The molecule has 7 nitrogen and oxygen atoms in total. The molecule has 1 aromatic carbocycles. The molecule has 144 valence electrons. The van der Waals surface area contributed by atoms with Gasteiger partial charge in [0.2, 0.25) is 20.0 Å². The predicted octanol–water partition coefficient (Wildman–Crippen LogP) is 1.25. The van der Waals surface area contributed by atoms with Crippen LogP contribution >= 0.6 is 12.4 Å². The molecule has 1 saturated heterocycles. The zero-order valence-corrected chi connectivity index (χ0v) is 16.9. The van der Waals surface area contributed by atoms with Gasteiger partial charge in [0.05, 0.1) is 9.79 Å². The van der Waals surface area contributed by atoms with E-state index >= 15 is 0 Å².